The standard InChI is InChI=1S/C11H14BrNO/c1-8-4-5-10(6-11(8)12)13(3)7-9(2)14/h4-6H,7H2,1-3H3. The van der Waals surface area contributed by atoms with E-state index in [1.807, 2.05) is 37.1 Å². The molecule has 0 bridgehead atoms. The summed E-state index contributed by atoms with van der Waals surface area (Å²) in [4.78, 5) is 12.9. The number of Topliss-reactive ketones (excluding diaryl/α,β-unsaturated/α-hetero) is 1. The Bertz CT molecular complexity index is 349. The van der Waals surface area contributed by atoms with Gasteiger partial charge in [-0.25, -0.2) is 0 Å². The Morgan fingerprint density at radius 1 is 1.50 bits per heavy atom. The molecular weight excluding hydrogens is 242 g/mol. The SMILES string of the molecule is CC(=O)CN(C)c1ccc(C)c(Br)c1. The van der Waals surface area contributed by atoms with Gasteiger partial charge in [0.2, 0.25) is 0 Å². The van der Waals surface area contributed by atoms with Gasteiger partial charge in [-0.3, -0.25) is 4.79 Å². The molecule has 76 valence electrons. The highest BCUT2D eigenvalue weighted by molar-refractivity contribution is 9.10. The zero-order valence-corrected chi connectivity index (χ0v) is 10.3. The third-order valence-electron chi connectivity index (χ3n) is 2.06. The maximum Gasteiger partial charge on any atom is 0.149 e. The second-order valence-electron chi connectivity index (χ2n) is 3.49. The normalized spacial score (nSPS) is 10.0. The fourth-order valence-electron chi connectivity index (χ4n) is 1.24. The summed E-state index contributed by atoms with van der Waals surface area (Å²) in [7, 11) is 1.92. The first-order valence-electron chi connectivity index (χ1n) is 4.47. The van der Waals surface area contributed by atoms with Gasteiger partial charge in [-0.05, 0) is 31.5 Å². The van der Waals surface area contributed by atoms with E-state index in [4.69, 9.17) is 0 Å². The number of anilines is 1. The van der Waals surface area contributed by atoms with Gasteiger partial charge in [0.15, 0.2) is 0 Å². The molecule has 0 spiro atoms. The Balaban J connectivity index is 2.85. The van der Waals surface area contributed by atoms with Crippen LogP contribution in [0.15, 0.2) is 22.7 Å². The maximum absolute atomic E-state index is 10.9. The molecule has 0 aliphatic heterocycles. The zero-order chi connectivity index (χ0) is 10.7. The third-order valence-corrected chi connectivity index (χ3v) is 2.91. The Hall–Kier alpha value is -0.830. The average molecular weight is 256 g/mol. The summed E-state index contributed by atoms with van der Waals surface area (Å²) in [6, 6.07) is 6.08. The van der Waals surface area contributed by atoms with Crippen molar-refractivity contribution in [3.63, 3.8) is 0 Å². The first-order valence-corrected chi connectivity index (χ1v) is 5.26. The molecule has 0 saturated heterocycles. The number of hydrogen-bond donors (Lipinski definition) is 0. The molecule has 14 heavy (non-hydrogen) atoms. The summed E-state index contributed by atoms with van der Waals surface area (Å²) >= 11 is 3.47. The lowest BCUT2D eigenvalue weighted by Crippen LogP contribution is -2.23. The summed E-state index contributed by atoms with van der Waals surface area (Å²) in [5.74, 6) is 0.171. The molecule has 1 aromatic rings. The van der Waals surface area contributed by atoms with Crippen LogP contribution in [0.5, 0.6) is 0 Å². The number of benzene rings is 1. The largest absolute Gasteiger partial charge is 0.367 e. The molecule has 0 heterocycles. The van der Waals surface area contributed by atoms with E-state index < -0.39 is 0 Å². The number of carbonyl (C=O) groups is 1. The first kappa shape index (κ1) is 11.2. The van der Waals surface area contributed by atoms with Crippen LogP contribution in [0.1, 0.15) is 12.5 Å². The van der Waals surface area contributed by atoms with Crippen LogP contribution in [0.2, 0.25) is 0 Å². The minimum absolute atomic E-state index is 0.171. The smallest absolute Gasteiger partial charge is 0.149 e. The van der Waals surface area contributed by atoms with Gasteiger partial charge in [-0.2, -0.15) is 0 Å². The number of hydrogen-bond acceptors (Lipinski definition) is 2. The summed E-state index contributed by atoms with van der Waals surface area (Å²) in [6.07, 6.45) is 0. The fraction of sp³-hybridized carbons (Fsp3) is 0.364. The van der Waals surface area contributed by atoms with Crippen LogP contribution in [-0.4, -0.2) is 19.4 Å². The molecule has 2 nitrogen and oxygen atoms in total. The van der Waals surface area contributed by atoms with E-state index in [1.54, 1.807) is 6.92 Å². The zero-order valence-electron chi connectivity index (χ0n) is 8.67. The number of aryl methyl sites for hydroxylation is 1. The van der Waals surface area contributed by atoms with E-state index in [0.29, 0.717) is 6.54 Å². The van der Waals surface area contributed by atoms with Gasteiger partial charge in [0.05, 0.1) is 6.54 Å². The fourth-order valence-corrected chi connectivity index (χ4v) is 1.61. The molecular formula is C11H14BrNO. The molecule has 0 radical (unpaired) electrons. The van der Waals surface area contributed by atoms with Crippen molar-refractivity contribution in [2.24, 2.45) is 0 Å². The number of carbonyl (C=O) groups excluding carboxylic acids is 1. The summed E-state index contributed by atoms with van der Waals surface area (Å²) in [5.41, 5.74) is 2.25. The summed E-state index contributed by atoms with van der Waals surface area (Å²) in [6.45, 7) is 4.09. The molecule has 3 heteroatoms. The summed E-state index contributed by atoms with van der Waals surface area (Å²) < 4.78 is 1.07. The van der Waals surface area contributed by atoms with Gasteiger partial charge < -0.3 is 4.90 Å². The van der Waals surface area contributed by atoms with Gasteiger partial charge in [-0.1, -0.05) is 22.0 Å². The van der Waals surface area contributed by atoms with E-state index in [9.17, 15) is 4.79 Å². The predicted molar refractivity (Wildman–Crippen MR) is 62.8 cm³/mol. The van der Waals surface area contributed by atoms with E-state index in [1.165, 1.54) is 5.56 Å². The summed E-state index contributed by atoms with van der Waals surface area (Å²) in [5, 5.41) is 0. The molecule has 1 rings (SSSR count). The predicted octanol–water partition coefficient (Wildman–Crippen LogP) is 2.78. The minimum Gasteiger partial charge on any atom is -0.367 e. The molecule has 1 aromatic carbocycles. The first-order chi connectivity index (χ1) is 6.50. The van der Waals surface area contributed by atoms with Crippen molar-refractivity contribution in [3.8, 4) is 0 Å². The molecule has 0 amide bonds. The van der Waals surface area contributed by atoms with Crippen LogP contribution in [0.4, 0.5) is 5.69 Å². The Morgan fingerprint density at radius 2 is 2.14 bits per heavy atom. The van der Waals surface area contributed by atoms with Crippen molar-refractivity contribution in [1.82, 2.24) is 0 Å². The Kier molecular flexibility index (Phi) is 3.69. The van der Waals surface area contributed by atoms with Crippen molar-refractivity contribution in [1.29, 1.82) is 0 Å². The lowest BCUT2D eigenvalue weighted by molar-refractivity contribution is -0.115. The van der Waals surface area contributed by atoms with Crippen LogP contribution in [0, 0.1) is 6.92 Å². The topological polar surface area (TPSA) is 20.3 Å². The highest BCUT2D eigenvalue weighted by Gasteiger charge is 2.04. The molecule has 0 aliphatic carbocycles. The average Bonchev–Trinajstić information content (AvgIpc) is 2.08. The highest BCUT2D eigenvalue weighted by Crippen LogP contribution is 2.22. The van der Waals surface area contributed by atoms with Crippen LogP contribution in [0.25, 0.3) is 0 Å². The number of likely N-dealkylation sites (N-methyl/N-ethyl adjacent to an activating group) is 1. The third kappa shape index (κ3) is 2.84. The van der Waals surface area contributed by atoms with Crippen molar-refractivity contribution in [2.75, 3.05) is 18.5 Å². The number of nitrogens with zero attached hydrogens (tertiary/aromatic N) is 1. The Labute approximate surface area is 93.0 Å². The second kappa shape index (κ2) is 4.60. The van der Waals surface area contributed by atoms with Gasteiger partial charge in [0.25, 0.3) is 0 Å². The number of ketones is 1. The molecule has 0 aromatic heterocycles. The molecule has 0 unspecified atom stereocenters. The van der Waals surface area contributed by atoms with Gasteiger partial charge in [-0.15, -0.1) is 0 Å². The van der Waals surface area contributed by atoms with Crippen molar-refractivity contribution in [3.05, 3.63) is 28.2 Å². The van der Waals surface area contributed by atoms with Crippen LogP contribution in [0.3, 0.4) is 0 Å². The lowest BCUT2D eigenvalue weighted by Gasteiger charge is -2.18. The van der Waals surface area contributed by atoms with E-state index >= 15 is 0 Å². The van der Waals surface area contributed by atoms with Gasteiger partial charge in [0.1, 0.15) is 5.78 Å². The molecule has 0 fully saturated rings. The van der Waals surface area contributed by atoms with Crippen LogP contribution in [-0.2, 0) is 4.79 Å². The van der Waals surface area contributed by atoms with Crippen LogP contribution >= 0.6 is 15.9 Å². The quantitative estimate of drug-likeness (QED) is 0.828. The second-order valence-corrected chi connectivity index (χ2v) is 4.35. The number of rotatable bonds is 3. The van der Waals surface area contributed by atoms with Crippen LogP contribution < -0.4 is 4.90 Å². The monoisotopic (exact) mass is 255 g/mol. The van der Waals surface area contributed by atoms with Crippen molar-refractivity contribution in [2.45, 2.75) is 13.8 Å². The minimum atomic E-state index is 0.171. The van der Waals surface area contributed by atoms with E-state index in [-0.39, 0.29) is 5.78 Å². The van der Waals surface area contributed by atoms with Crippen molar-refractivity contribution < 1.29 is 4.79 Å². The maximum atomic E-state index is 10.9. The van der Waals surface area contributed by atoms with Crippen molar-refractivity contribution >= 4 is 27.4 Å². The van der Waals surface area contributed by atoms with E-state index in [2.05, 4.69) is 15.9 Å². The molecule has 0 N–H and O–H groups in total. The lowest BCUT2D eigenvalue weighted by atomic mass is 10.2. The van der Waals surface area contributed by atoms with Gasteiger partial charge >= 0.3 is 0 Å². The highest BCUT2D eigenvalue weighted by atomic mass is 79.9. The van der Waals surface area contributed by atoms with E-state index in [0.717, 1.165) is 10.2 Å². The molecule has 0 atom stereocenters. The van der Waals surface area contributed by atoms with Gasteiger partial charge in [0, 0.05) is 17.2 Å². The molecule has 0 aliphatic rings. The molecule has 0 saturated carbocycles. The number of halogens is 1. The Morgan fingerprint density at radius 3 is 2.64 bits per heavy atom.